The summed E-state index contributed by atoms with van der Waals surface area (Å²) in [7, 11) is 1.79. The van der Waals surface area contributed by atoms with E-state index in [0.717, 1.165) is 30.6 Å². The lowest BCUT2D eigenvalue weighted by Gasteiger charge is -2.46. The Morgan fingerprint density at radius 2 is 1.79 bits per heavy atom. The lowest BCUT2D eigenvalue weighted by atomic mass is 9.85. The van der Waals surface area contributed by atoms with Crippen molar-refractivity contribution in [1.82, 2.24) is 9.80 Å². The maximum Gasteiger partial charge on any atom is 0.323 e. The van der Waals surface area contributed by atoms with E-state index < -0.39 is 24.0 Å². The van der Waals surface area contributed by atoms with Crippen molar-refractivity contribution in [2.75, 3.05) is 20.1 Å². The molecule has 2 fully saturated rings. The molecule has 1 spiro atoms. The first-order valence-electron chi connectivity index (χ1n) is 6.75. The molecule has 0 aromatic rings. The Balaban J connectivity index is 2.28. The Labute approximate surface area is 112 Å². The molecule has 0 unspecified atom stereocenters. The fraction of sp³-hybridized carbons (Fsp3) is 0.769. The highest BCUT2D eigenvalue weighted by Crippen LogP contribution is 2.35. The van der Waals surface area contributed by atoms with Crippen molar-refractivity contribution in [3.8, 4) is 0 Å². The highest BCUT2D eigenvalue weighted by Gasteiger charge is 2.50. The highest BCUT2D eigenvalue weighted by atomic mass is 16.4. The Hall–Kier alpha value is -1.43. The van der Waals surface area contributed by atoms with Gasteiger partial charge in [-0.1, -0.05) is 25.7 Å². The van der Waals surface area contributed by atoms with Gasteiger partial charge in [0.25, 0.3) is 0 Å². The molecule has 1 aliphatic heterocycles. The van der Waals surface area contributed by atoms with Crippen molar-refractivity contribution in [3.05, 3.63) is 0 Å². The van der Waals surface area contributed by atoms with Crippen LogP contribution in [0.3, 0.4) is 0 Å². The Kier molecular flexibility index (Phi) is 3.89. The van der Waals surface area contributed by atoms with Gasteiger partial charge in [-0.25, -0.2) is 0 Å². The number of hydrogen-bond donors (Lipinski definition) is 1. The van der Waals surface area contributed by atoms with Crippen LogP contribution in [0.4, 0.5) is 0 Å². The molecule has 2 aliphatic rings. The van der Waals surface area contributed by atoms with Crippen LogP contribution in [0.5, 0.6) is 0 Å². The minimum absolute atomic E-state index is 0.124. The highest BCUT2D eigenvalue weighted by molar-refractivity contribution is 6.05. The number of carboxylic acid groups (broad SMARTS) is 1. The van der Waals surface area contributed by atoms with E-state index in [1.54, 1.807) is 7.05 Å². The molecule has 0 aromatic carbocycles. The number of nitrogens with zero attached hydrogens (tertiary/aromatic N) is 2. The Morgan fingerprint density at radius 1 is 1.21 bits per heavy atom. The maximum atomic E-state index is 12.6. The van der Waals surface area contributed by atoms with Crippen LogP contribution in [0.25, 0.3) is 0 Å². The molecule has 1 saturated heterocycles. The SMILES string of the molecule is CN1CC(=O)N(CC(=O)O)C(=O)C12CCCCCC2. The first-order valence-corrected chi connectivity index (χ1v) is 6.75. The average Bonchev–Trinajstić information content (AvgIpc) is 2.59. The number of imide groups is 1. The summed E-state index contributed by atoms with van der Waals surface area (Å²) in [5.41, 5.74) is -0.667. The summed E-state index contributed by atoms with van der Waals surface area (Å²) in [6, 6.07) is 0. The molecule has 1 N–H and O–H groups in total. The minimum atomic E-state index is -1.14. The summed E-state index contributed by atoms with van der Waals surface area (Å²) in [6.07, 6.45) is 5.51. The molecule has 19 heavy (non-hydrogen) atoms. The molecule has 6 heteroatoms. The molecular weight excluding hydrogens is 248 g/mol. The summed E-state index contributed by atoms with van der Waals surface area (Å²) in [6.45, 7) is -0.397. The van der Waals surface area contributed by atoms with Crippen molar-refractivity contribution >= 4 is 17.8 Å². The number of carbonyl (C=O) groups is 3. The molecule has 106 valence electrons. The second-order valence-electron chi connectivity index (χ2n) is 5.48. The molecule has 2 amide bonds. The van der Waals surface area contributed by atoms with E-state index in [1.165, 1.54) is 0 Å². The van der Waals surface area contributed by atoms with Crippen LogP contribution in [-0.4, -0.2) is 58.4 Å². The topological polar surface area (TPSA) is 77.9 Å². The first kappa shape index (κ1) is 14.0. The lowest BCUT2D eigenvalue weighted by Crippen LogP contribution is -2.67. The van der Waals surface area contributed by atoms with Gasteiger partial charge >= 0.3 is 5.97 Å². The average molecular weight is 268 g/mol. The summed E-state index contributed by atoms with van der Waals surface area (Å²) in [4.78, 5) is 38.0. The standard InChI is InChI=1S/C13H20N2O4/c1-14-8-10(16)15(9-11(17)18)12(19)13(14)6-4-2-3-5-7-13/h2-9H2,1H3,(H,17,18). The van der Waals surface area contributed by atoms with Gasteiger partial charge in [-0.3, -0.25) is 24.2 Å². The fourth-order valence-electron chi connectivity index (χ4n) is 3.17. The summed E-state index contributed by atoms with van der Waals surface area (Å²) < 4.78 is 0. The molecule has 0 radical (unpaired) electrons. The van der Waals surface area contributed by atoms with Crippen molar-refractivity contribution in [2.45, 2.75) is 44.1 Å². The molecule has 0 atom stereocenters. The first-order chi connectivity index (χ1) is 8.97. The van der Waals surface area contributed by atoms with Gasteiger partial charge in [-0.2, -0.15) is 0 Å². The van der Waals surface area contributed by atoms with Crippen molar-refractivity contribution in [1.29, 1.82) is 0 Å². The third-order valence-electron chi connectivity index (χ3n) is 4.27. The second kappa shape index (κ2) is 5.28. The lowest BCUT2D eigenvalue weighted by molar-refractivity contribution is -0.167. The van der Waals surface area contributed by atoms with E-state index in [4.69, 9.17) is 5.11 Å². The Bertz CT molecular complexity index is 399. The van der Waals surface area contributed by atoms with Crippen LogP contribution in [0, 0.1) is 0 Å². The monoisotopic (exact) mass is 268 g/mol. The molecular formula is C13H20N2O4. The summed E-state index contributed by atoms with van der Waals surface area (Å²) in [5.74, 6) is -1.88. The second-order valence-corrected chi connectivity index (χ2v) is 5.48. The summed E-state index contributed by atoms with van der Waals surface area (Å²) in [5, 5.41) is 8.85. The maximum absolute atomic E-state index is 12.6. The van der Waals surface area contributed by atoms with Gasteiger partial charge in [-0.05, 0) is 19.9 Å². The van der Waals surface area contributed by atoms with E-state index in [9.17, 15) is 14.4 Å². The quantitative estimate of drug-likeness (QED) is 0.736. The number of carbonyl (C=O) groups excluding carboxylic acids is 2. The molecule has 0 aromatic heterocycles. The molecule has 2 rings (SSSR count). The number of piperazine rings is 1. The van der Waals surface area contributed by atoms with Crippen molar-refractivity contribution < 1.29 is 19.5 Å². The van der Waals surface area contributed by atoms with Crippen molar-refractivity contribution in [2.24, 2.45) is 0 Å². The van der Waals surface area contributed by atoms with Crippen LogP contribution >= 0.6 is 0 Å². The summed E-state index contributed by atoms with van der Waals surface area (Å²) >= 11 is 0. The number of rotatable bonds is 2. The zero-order chi connectivity index (χ0) is 14.0. The molecule has 0 bridgehead atoms. The largest absolute Gasteiger partial charge is 0.480 e. The zero-order valence-corrected chi connectivity index (χ0v) is 11.2. The predicted molar refractivity (Wildman–Crippen MR) is 67.4 cm³/mol. The normalized spacial score (nSPS) is 24.6. The molecule has 1 heterocycles. The molecule has 1 saturated carbocycles. The van der Waals surface area contributed by atoms with Crippen molar-refractivity contribution in [3.63, 3.8) is 0 Å². The fourth-order valence-corrected chi connectivity index (χ4v) is 3.17. The third-order valence-corrected chi connectivity index (χ3v) is 4.27. The molecule has 6 nitrogen and oxygen atoms in total. The van der Waals surface area contributed by atoms with E-state index >= 15 is 0 Å². The van der Waals surface area contributed by atoms with Gasteiger partial charge < -0.3 is 5.11 Å². The minimum Gasteiger partial charge on any atom is -0.480 e. The van der Waals surface area contributed by atoms with Gasteiger partial charge in [-0.15, -0.1) is 0 Å². The van der Waals surface area contributed by atoms with Crippen LogP contribution in [-0.2, 0) is 14.4 Å². The van der Waals surface area contributed by atoms with Gasteiger partial charge in [0.05, 0.1) is 6.54 Å². The van der Waals surface area contributed by atoms with Crippen LogP contribution in [0.15, 0.2) is 0 Å². The van der Waals surface area contributed by atoms with E-state index in [2.05, 4.69) is 0 Å². The van der Waals surface area contributed by atoms with Crippen LogP contribution in [0.1, 0.15) is 38.5 Å². The number of likely N-dealkylation sites (N-methyl/N-ethyl adjacent to an activating group) is 1. The Morgan fingerprint density at radius 3 is 2.32 bits per heavy atom. The van der Waals surface area contributed by atoms with E-state index in [-0.39, 0.29) is 12.5 Å². The van der Waals surface area contributed by atoms with E-state index in [1.807, 2.05) is 4.90 Å². The van der Waals surface area contributed by atoms with Crippen LogP contribution < -0.4 is 0 Å². The number of hydrogen-bond acceptors (Lipinski definition) is 4. The number of carboxylic acids is 1. The molecule has 1 aliphatic carbocycles. The number of amides is 2. The smallest absolute Gasteiger partial charge is 0.323 e. The third kappa shape index (κ3) is 2.49. The van der Waals surface area contributed by atoms with Gasteiger partial charge in [0.2, 0.25) is 11.8 Å². The predicted octanol–water partition coefficient (Wildman–Crippen LogP) is 0.465. The van der Waals surface area contributed by atoms with E-state index in [0.29, 0.717) is 12.8 Å². The van der Waals surface area contributed by atoms with Gasteiger partial charge in [0.15, 0.2) is 0 Å². The van der Waals surface area contributed by atoms with Gasteiger partial charge in [0, 0.05) is 0 Å². The van der Waals surface area contributed by atoms with Gasteiger partial charge in [0.1, 0.15) is 12.1 Å². The van der Waals surface area contributed by atoms with Crippen LogP contribution in [0.2, 0.25) is 0 Å². The number of aliphatic carboxylic acids is 1. The zero-order valence-electron chi connectivity index (χ0n) is 11.2.